The van der Waals surface area contributed by atoms with Crippen molar-refractivity contribution in [2.45, 2.75) is 6.42 Å². The Morgan fingerprint density at radius 3 is 2.58 bits per heavy atom. The highest BCUT2D eigenvalue weighted by Crippen LogP contribution is 2.21. The third kappa shape index (κ3) is 3.53. The first-order chi connectivity index (χ1) is 9.19. The number of hydrogen-bond acceptors (Lipinski definition) is 4. The Balaban J connectivity index is 2.12. The van der Waals surface area contributed by atoms with Gasteiger partial charge in [0.15, 0.2) is 0 Å². The van der Waals surface area contributed by atoms with Gasteiger partial charge in [-0.15, -0.1) is 0 Å². The monoisotopic (exact) mass is 257 g/mol. The summed E-state index contributed by atoms with van der Waals surface area (Å²) < 4.78 is 5.65. The molecule has 0 saturated heterocycles. The molecule has 0 fully saturated rings. The maximum Gasteiger partial charge on any atom is 0.141 e. The minimum atomic E-state index is -0.0938. The Morgan fingerprint density at radius 2 is 1.95 bits per heavy atom. The van der Waals surface area contributed by atoms with E-state index in [1.54, 1.807) is 18.3 Å². The summed E-state index contributed by atoms with van der Waals surface area (Å²) in [5.74, 6) is 1.17. The first-order valence-corrected chi connectivity index (χ1v) is 5.87. The first-order valence-electron chi connectivity index (χ1n) is 5.87. The van der Waals surface area contributed by atoms with Crippen LogP contribution in [-0.4, -0.2) is 22.5 Å². The number of aliphatic hydroxyl groups is 1. The normalized spacial score (nSPS) is 10.2. The van der Waals surface area contributed by atoms with Crippen LogP contribution in [0.1, 0.15) is 11.3 Å². The van der Waals surface area contributed by atoms with Gasteiger partial charge in [0.05, 0.1) is 0 Å². The molecule has 5 heteroatoms. The molecule has 0 bridgehead atoms. The molecule has 1 aromatic heterocycles. The quantitative estimate of drug-likeness (QED) is 0.561. The third-order valence-corrected chi connectivity index (χ3v) is 2.57. The number of nitrogens with one attached hydrogen (secondary N) is 1. The van der Waals surface area contributed by atoms with Crippen LogP contribution in [0.2, 0.25) is 0 Å². The molecule has 0 aliphatic carbocycles. The molecule has 2 aromatic rings. The van der Waals surface area contributed by atoms with Crippen molar-refractivity contribution in [3.8, 4) is 11.5 Å². The molecule has 0 aliphatic heterocycles. The number of amidine groups is 1. The number of aliphatic hydroxyl groups excluding tert-OH is 1. The van der Waals surface area contributed by atoms with Crippen molar-refractivity contribution in [3.63, 3.8) is 0 Å². The molecule has 0 radical (unpaired) electrons. The van der Waals surface area contributed by atoms with Crippen molar-refractivity contribution in [2.75, 3.05) is 6.61 Å². The minimum Gasteiger partial charge on any atom is -0.457 e. The summed E-state index contributed by atoms with van der Waals surface area (Å²) in [6.45, 7) is 0.131. The highest BCUT2D eigenvalue weighted by atomic mass is 16.5. The van der Waals surface area contributed by atoms with E-state index in [1.807, 2.05) is 24.3 Å². The van der Waals surface area contributed by atoms with Gasteiger partial charge in [-0.2, -0.15) is 0 Å². The topological polar surface area (TPSA) is 92.2 Å². The lowest BCUT2D eigenvalue weighted by atomic mass is 10.1. The number of pyridine rings is 1. The molecular weight excluding hydrogens is 242 g/mol. The number of ether oxygens (including phenoxy) is 1. The molecule has 0 aliphatic rings. The van der Waals surface area contributed by atoms with Crippen molar-refractivity contribution in [2.24, 2.45) is 5.73 Å². The zero-order valence-electron chi connectivity index (χ0n) is 10.3. The van der Waals surface area contributed by atoms with Gasteiger partial charge in [-0.1, -0.05) is 12.1 Å². The van der Waals surface area contributed by atoms with E-state index in [1.165, 1.54) is 0 Å². The van der Waals surface area contributed by atoms with Gasteiger partial charge in [-0.25, -0.2) is 0 Å². The lowest BCUT2D eigenvalue weighted by Crippen LogP contribution is -2.12. The molecule has 2 rings (SSSR count). The van der Waals surface area contributed by atoms with Gasteiger partial charge in [-0.3, -0.25) is 10.4 Å². The van der Waals surface area contributed by atoms with E-state index in [-0.39, 0.29) is 12.4 Å². The zero-order chi connectivity index (χ0) is 13.7. The molecule has 0 spiro atoms. The highest BCUT2D eigenvalue weighted by molar-refractivity contribution is 5.93. The van der Waals surface area contributed by atoms with Crippen molar-refractivity contribution in [1.82, 2.24) is 4.98 Å². The zero-order valence-corrected chi connectivity index (χ0v) is 10.3. The average Bonchev–Trinajstić information content (AvgIpc) is 2.42. The number of nitrogens with zero attached hydrogens (tertiary/aromatic N) is 1. The van der Waals surface area contributed by atoms with E-state index in [0.717, 1.165) is 5.56 Å². The van der Waals surface area contributed by atoms with Gasteiger partial charge in [0, 0.05) is 18.9 Å². The van der Waals surface area contributed by atoms with E-state index in [0.29, 0.717) is 23.6 Å². The van der Waals surface area contributed by atoms with Crippen molar-refractivity contribution in [1.29, 1.82) is 5.41 Å². The Kier molecular flexibility index (Phi) is 4.10. The second kappa shape index (κ2) is 5.97. The van der Waals surface area contributed by atoms with Gasteiger partial charge >= 0.3 is 0 Å². The minimum absolute atomic E-state index is 0.0938. The predicted octanol–water partition coefficient (Wildman–Crippen LogP) is 1.69. The van der Waals surface area contributed by atoms with Crippen LogP contribution in [0.5, 0.6) is 11.5 Å². The molecule has 0 atom stereocenters. The summed E-state index contributed by atoms with van der Waals surface area (Å²) in [5.41, 5.74) is 6.80. The Morgan fingerprint density at radius 1 is 1.21 bits per heavy atom. The molecule has 0 amide bonds. The Labute approximate surface area is 111 Å². The maximum atomic E-state index is 8.84. The summed E-state index contributed by atoms with van der Waals surface area (Å²) in [5, 5.41) is 16.2. The number of benzene rings is 1. The van der Waals surface area contributed by atoms with Gasteiger partial charge in [-0.05, 0) is 30.2 Å². The maximum absolute atomic E-state index is 8.84. The van der Waals surface area contributed by atoms with Crippen LogP contribution in [0.4, 0.5) is 0 Å². The fourth-order valence-corrected chi connectivity index (χ4v) is 1.61. The van der Waals surface area contributed by atoms with Gasteiger partial charge in [0.25, 0.3) is 0 Å². The van der Waals surface area contributed by atoms with Gasteiger partial charge < -0.3 is 15.6 Å². The van der Waals surface area contributed by atoms with Crippen LogP contribution < -0.4 is 10.5 Å². The number of rotatable bonds is 5. The summed E-state index contributed by atoms with van der Waals surface area (Å²) in [4.78, 5) is 3.96. The fraction of sp³-hybridized carbons (Fsp3) is 0.143. The van der Waals surface area contributed by atoms with Crippen LogP contribution in [0.3, 0.4) is 0 Å². The van der Waals surface area contributed by atoms with Crippen LogP contribution in [0.15, 0.2) is 42.6 Å². The number of nitrogens with two attached hydrogens (primary N) is 1. The fourth-order valence-electron chi connectivity index (χ4n) is 1.61. The lowest BCUT2D eigenvalue weighted by Gasteiger charge is -2.07. The van der Waals surface area contributed by atoms with E-state index >= 15 is 0 Å². The molecule has 0 unspecified atom stereocenters. The molecule has 1 aromatic carbocycles. The molecule has 1 heterocycles. The van der Waals surface area contributed by atoms with E-state index in [2.05, 4.69) is 4.98 Å². The van der Waals surface area contributed by atoms with Crippen molar-refractivity contribution < 1.29 is 9.84 Å². The van der Waals surface area contributed by atoms with Gasteiger partial charge in [0.1, 0.15) is 23.0 Å². The molecule has 98 valence electrons. The molecular formula is C14H15N3O2. The number of aromatic nitrogens is 1. The summed E-state index contributed by atoms with van der Waals surface area (Å²) in [7, 11) is 0. The van der Waals surface area contributed by atoms with Crippen LogP contribution in [0.25, 0.3) is 0 Å². The van der Waals surface area contributed by atoms with E-state index < -0.39 is 0 Å². The van der Waals surface area contributed by atoms with Crippen LogP contribution in [0, 0.1) is 5.41 Å². The molecule has 0 saturated carbocycles. The van der Waals surface area contributed by atoms with E-state index in [4.69, 9.17) is 21.0 Å². The predicted molar refractivity (Wildman–Crippen MR) is 72.6 cm³/mol. The number of nitrogen functional groups attached to an aromatic ring is 1. The smallest absolute Gasteiger partial charge is 0.141 e. The molecule has 19 heavy (non-hydrogen) atoms. The largest absolute Gasteiger partial charge is 0.457 e. The standard InChI is InChI=1S/C14H15N3O2/c15-14(16)13-9-12(5-7-17-13)19-11-3-1-10(2-4-11)6-8-18/h1-5,7,9,18H,6,8H2,(H3,15,16). The summed E-state index contributed by atoms with van der Waals surface area (Å²) in [6.07, 6.45) is 2.18. The van der Waals surface area contributed by atoms with E-state index in [9.17, 15) is 0 Å². The molecule has 4 N–H and O–H groups in total. The lowest BCUT2D eigenvalue weighted by molar-refractivity contribution is 0.299. The second-order valence-corrected chi connectivity index (χ2v) is 4.01. The molecule has 5 nitrogen and oxygen atoms in total. The second-order valence-electron chi connectivity index (χ2n) is 4.01. The highest BCUT2D eigenvalue weighted by Gasteiger charge is 2.02. The SMILES string of the molecule is N=C(N)c1cc(Oc2ccc(CCO)cc2)ccn1. The first kappa shape index (κ1) is 13.0. The number of hydrogen-bond donors (Lipinski definition) is 3. The van der Waals surface area contributed by atoms with Crippen molar-refractivity contribution >= 4 is 5.84 Å². The van der Waals surface area contributed by atoms with Crippen LogP contribution >= 0.6 is 0 Å². The third-order valence-electron chi connectivity index (χ3n) is 2.57. The van der Waals surface area contributed by atoms with Crippen LogP contribution in [-0.2, 0) is 6.42 Å². The average molecular weight is 257 g/mol. The summed E-state index contributed by atoms with van der Waals surface area (Å²) in [6, 6.07) is 10.8. The summed E-state index contributed by atoms with van der Waals surface area (Å²) >= 11 is 0. The van der Waals surface area contributed by atoms with Crippen molar-refractivity contribution in [3.05, 3.63) is 53.9 Å². The Bertz CT molecular complexity index is 567. The Hall–Kier alpha value is -2.40. The van der Waals surface area contributed by atoms with Gasteiger partial charge in [0.2, 0.25) is 0 Å².